The lowest BCUT2D eigenvalue weighted by molar-refractivity contribution is -0.250. The molecule has 0 radical (unpaired) electrons. The Morgan fingerprint density at radius 1 is 1.00 bits per heavy atom. The number of carbonyl (C=O) groups is 2. The summed E-state index contributed by atoms with van der Waals surface area (Å²) in [5.41, 5.74) is -1.40. The average molecular weight is 732 g/mol. The Morgan fingerprint density at radius 2 is 1.67 bits per heavy atom. The van der Waals surface area contributed by atoms with Crippen molar-refractivity contribution in [3.63, 3.8) is 0 Å². The van der Waals surface area contributed by atoms with E-state index in [1.807, 2.05) is 11.8 Å². The lowest BCUT2D eigenvalue weighted by Crippen LogP contribution is -2.61. The number of aliphatic hydroxyl groups is 2. The first kappa shape index (κ1) is 39.0. The topological polar surface area (TPSA) is 124 Å². The number of esters is 1. The third kappa shape index (κ3) is 5.60. The fraction of sp³-hybridized carbons (Fsp3) is 0.952. The summed E-state index contributed by atoms with van der Waals surface area (Å²) >= 11 is 0. The number of hydrogen-bond acceptors (Lipinski definition) is 9. The van der Waals surface area contributed by atoms with Crippen LogP contribution in [0.1, 0.15) is 120 Å². The van der Waals surface area contributed by atoms with Gasteiger partial charge in [0.1, 0.15) is 0 Å². The summed E-state index contributed by atoms with van der Waals surface area (Å²) in [5, 5.41) is 23.2. The van der Waals surface area contributed by atoms with Crippen LogP contribution >= 0.6 is 0 Å². The molecule has 13 atom stereocenters. The molecule has 7 rings (SSSR count). The zero-order chi connectivity index (χ0) is 37.9. The van der Waals surface area contributed by atoms with Crippen molar-refractivity contribution in [1.82, 2.24) is 4.90 Å². The molecule has 10 nitrogen and oxygen atoms in total. The smallest absolute Gasteiger partial charge is 0.303 e. The highest BCUT2D eigenvalue weighted by molar-refractivity contribution is 5.83. The Bertz CT molecular complexity index is 1390. The molecule has 2 N–H and O–H groups in total. The van der Waals surface area contributed by atoms with Gasteiger partial charge >= 0.3 is 5.97 Å². The van der Waals surface area contributed by atoms with Crippen LogP contribution in [0.4, 0.5) is 0 Å². The van der Waals surface area contributed by atoms with E-state index >= 15 is 0 Å². The third-order valence-electron chi connectivity index (χ3n) is 17.1. The van der Waals surface area contributed by atoms with Crippen LogP contribution in [0.3, 0.4) is 0 Å². The normalized spacial score (nSPS) is 44.9. The number of ether oxygens (including phenoxy) is 5. The molecule has 7 aliphatic rings. The van der Waals surface area contributed by atoms with E-state index in [4.69, 9.17) is 23.7 Å². The van der Waals surface area contributed by atoms with Gasteiger partial charge in [0.25, 0.3) is 0 Å². The summed E-state index contributed by atoms with van der Waals surface area (Å²) in [4.78, 5) is 27.2. The summed E-state index contributed by atoms with van der Waals surface area (Å²) in [5.74, 6) is 1.23. The molecule has 5 saturated carbocycles. The number of fused-ring (bicyclic) bond motifs is 2. The van der Waals surface area contributed by atoms with Crippen LogP contribution in [-0.2, 0) is 33.3 Å². The number of amides is 1. The zero-order valence-electron chi connectivity index (χ0n) is 33.8. The van der Waals surface area contributed by atoms with Gasteiger partial charge in [0.15, 0.2) is 12.4 Å². The van der Waals surface area contributed by atoms with Gasteiger partial charge in [-0.1, -0.05) is 34.6 Å². The predicted molar refractivity (Wildman–Crippen MR) is 195 cm³/mol. The largest absolute Gasteiger partial charge is 0.457 e. The fourth-order valence-electron chi connectivity index (χ4n) is 14.2. The Balaban J connectivity index is 1.06. The van der Waals surface area contributed by atoms with E-state index in [1.54, 1.807) is 21.0 Å². The van der Waals surface area contributed by atoms with Gasteiger partial charge in [0, 0.05) is 26.0 Å². The fourth-order valence-corrected chi connectivity index (χ4v) is 14.2. The van der Waals surface area contributed by atoms with Gasteiger partial charge in [-0.3, -0.25) is 9.59 Å². The van der Waals surface area contributed by atoms with E-state index in [2.05, 4.69) is 34.6 Å². The molecule has 52 heavy (non-hydrogen) atoms. The Kier molecular flexibility index (Phi) is 9.64. The van der Waals surface area contributed by atoms with Crippen LogP contribution in [-0.4, -0.2) is 103 Å². The number of rotatable bonds is 10. The molecular formula is C42H69NO9. The van der Waals surface area contributed by atoms with E-state index in [0.29, 0.717) is 51.2 Å². The molecule has 2 spiro atoms. The van der Waals surface area contributed by atoms with Crippen LogP contribution < -0.4 is 0 Å². The Hall–Kier alpha value is -1.30. The first-order valence-corrected chi connectivity index (χ1v) is 20.4. The molecule has 0 aromatic rings. The lowest BCUT2D eigenvalue weighted by Gasteiger charge is -2.64. The summed E-state index contributed by atoms with van der Waals surface area (Å²) in [7, 11) is 1.63. The number of hydrogen-bond donors (Lipinski definition) is 2. The van der Waals surface area contributed by atoms with Crippen molar-refractivity contribution in [1.29, 1.82) is 0 Å². The van der Waals surface area contributed by atoms with Crippen molar-refractivity contribution >= 4 is 11.9 Å². The number of morpholine rings is 1. The molecule has 1 amide bonds. The van der Waals surface area contributed by atoms with Crippen LogP contribution in [0.15, 0.2) is 0 Å². The van der Waals surface area contributed by atoms with Crippen LogP contribution in [0, 0.1) is 56.2 Å². The second-order valence-electron chi connectivity index (χ2n) is 20.5. The highest BCUT2D eigenvalue weighted by Gasteiger charge is 2.83. The maximum absolute atomic E-state index is 13.3. The lowest BCUT2D eigenvalue weighted by atomic mass is 9.41. The predicted octanol–water partition coefficient (Wildman–Crippen LogP) is 5.75. The monoisotopic (exact) mass is 731 g/mol. The molecule has 296 valence electrons. The van der Waals surface area contributed by atoms with Gasteiger partial charge in [-0.2, -0.15) is 0 Å². The maximum Gasteiger partial charge on any atom is 0.303 e. The van der Waals surface area contributed by atoms with Gasteiger partial charge in [-0.15, -0.1) is 0 Å². The number of nitrogens with zero attached hydrogens (tertiary/aromatic N) is 1. The first-order valence-electron chi connectivity index (χ1n) is 20.4. The molecule has 6 unspecified atom stereocenters. The van der Waals surface area contributed by atoms with Gasteiger partial charge in [0.2, 0.25) is 5.91 Å². The highest BCUT2D eigenvalue weighted by atomic mass is 16.7. The van der Waals surface area contributed by atoms with Crippen molar-refractivity contribution in [2.45, 2.75) is 156 Å². The summed E-state index contributed by atoms with van der Waals surface area (Å²) in [6, 6.07) is 0. The second kappa shape index (κ2) is 12.9. The van der Waals surface area contributed by atoms with Crippen molar-refractivity contribution in [3.8, 4) is 0 Å². The van der Waals surface area contributed by atoms with E-state index in [9.17, 15) is 19.8 Å². The van der Waals surface area contributed by atoms with E-state index in [-0.39, 0.29) is 57.0 Å². The number of methoxy groups -OCH3 is 1. The molecule has 5 aliphatic carbocycles. The van der Waals surface area contributed by atoms with Crippen LogP contribution in [0.25, 0.3) is 0 Å². The summed E-state index contributed by atoms with van der Waals surface area (Å²) in [6.07, 6.45) is 7.45. The molecule has 2 saturated heterocycles. The summed E-state index contributed by atoms with van der Waals surface area (Å²) < 4.78 is 30.0. The van der Waals surface area contributed by atoms with Gasteiger partial charge in [0.05, 0.1) is 55.7 Å². The zero-order valence-corrected chi connectivity index (χ0v) is 33.8. The quantitative estimate of drug-likeness (QED) is 0.271. The van der Waals surface area contributed by atoms with E-state index in [0.717, 1.165) is 38.5 Å². The van der Waals surface area contributed by atoms with Crippen molar-refractivity contribution in [3.05, 3.63) is 0 Å². The molecule has 7 fully saturated rings. The molecule has 10 heteroatoms. The van der Waals surface area contributed by atoms with Gasteiger partial charge < -0.3 is 38.8 Å². The minimum absolute atomic E-state index is 0.0305. The van der Waals surface area contributed by atoms with Crippen LogP contribution in [0.5, 0.6) is 0 Å². The second-order valence-corrected chi connectivity index (χ2v) is 20.5. The van der Waals surface area contributed by atoms with Crippen molar-refractivity contribution in [2.75, 3.05) is 40.0 Å². The Morgan fingerprint density at radius 3 is 2.29 bits per heavy atom. The SMILES string of the molecule is COC(C[C@@H](C)[C@H]1C[C@H](O)[C@@]2(C)C3CC[C@H]4C(C)(C)C(O[C@H]5CN(C(=O)C6(C)COC6)CCO5)CCC45CC35CCC12C)[C@H](OC(C)=O)C(C)(C)O. The van der Waals surface area contributed by atoms with Crippen LogP contribution in [0.2, 0.25) is 0 Å². The maximum atomic E-state index is 13.3. The minimum Gasteiger partial charge on any atom is -0.457 e. The number of aliphatic hydroxyl groups excluding tert-OH is 1. The highest BCUT2D eigenvalue weighted by Crippen LogP contribution is 2.89. The third-order valence-corrected chi connectivity index (χ3v) is 17.1. The Labute approximate surface area is 312 Å². The number of carbonyl (C=O) groups excluding carboxylic acids is 2. The minimum atomic E-state index is -1.25. The molecule has 0 bridgehead atoms. The van der Waals surface area contributed by atoms with Crippen molar-refractivity contribution in [2.24, 2.45) is 56.2 Å². The molecule has 2 heterocycles. The van der Waals surface area contributed by atoms with Crippen molar-refractivity contribution < 1.29 is 43.5 Å². The van der Waals surface area contributed by atoms with E-state index in [1.165, 1.54) is 19.8 Å². The van der Waals surface area contributed by atoms with Gasteiger partial charge in [-0.05, 0) is 124 Å². The molecule has 2 aliphatic heterocycles. The van der Waals surface area contributed by atoms with Gasteiger partial charge in [-0.25, -0.2) is 0 Å². The summed E-state index contributed by atoms with van der Waals surface area (Å²) in [6.45, 7) is 21.3. The first-order chi connectivity index (χ1) is 24.2. The molecule has 0 aromatic heterocycles. The molecular weight excluding hydrogens is 662 g/mol. The average Bonchev–Trinajstić information content (AvgIpc) is 3.68. The standard InChI is InChI=1S/C42H69NO9/c1-25(19-28(48-10)34(37(5,6)47)51-26(2)44)27-20-31(45)40(9)30-12-11-29-36(3,4)32(13-14-41(29)22-42(30,41)16-15-39(27,40)8)52-33-21-43(17-18-50-33)35(46)38(7)23-49-24-38/h25,27-34,45,47H,11-24H2,1-10H3/t25-,27-,28?,29+,30?,31+,32?,33+,34+,39?,40-,41?,42?/m1/s1. The molecule has 0 aromatic carbocycles. The van der Waals surface area contributed by atoms with E-state index < -0.39 is 35.5 Å².